The maximum absolute atomic E-state index is 10.3. The number of hydrogen-bond donors (Lipinski definition) is 2. The van der Waals surface area contributed by atoms with E-state index in [1.54, 1.807) is 12.2 Å². The van der Waals surface area contributed by atoms with Crippen LogP contribution in [0.3, 0.4) is 0 Å². The smallest absolute Gasteiger partial charge is 0.291 e. The predicted molar refractivity (Wildman–Crippen MR) is 63.2 cm³/mol. The van der Waals surface area contributed by atoms with Crippen molar-refractivity contribution in [2.24, 2.45) is 5.92 Å². The third-order valence-electron chi connectivity index (χ3n) is 2.26. The SMILES string of the molecule is C=CCC(CC=C)C(C)NCOS(=O)(=O)O. The van der Waals surface area contributed by atoms with Crippen molar-refractivity contribution in [3.8, 4) is 0 Å². The fourth-order valence-corrected chi connectivity index (χ4v) is 1.56. The van der Waals surface area contributed by atoms with E-state index in [4.69, 9.17) is 4.55 Å². The van der Waals surface area contributed by atoms with Gasteiger partial charge in [0.1, 0.15) is 6.73 Å². The zero-order valence-corrected chi connectivity index (χ0v) is 10.2. The topological polar surface area (TPSA) is 75.6 Å². The van der Waals surface area contributed by atoms with Crippen LogP contribution in [-0.2, 0) is 14.6 Å². The first-order valence-corrected chi connectivity index (χ1v) is 6.34. The second-order valence-electron chi connectivity index (χ2n) is 3.49. The van der Waals surface area contributed by atoms with E-state index in [2.05, 4.69) is 22.7 Å². The Bertz CT molecular complexity index is 303. The van der Waals surface area contributed by atoms with E-state index in [-0.39, 0.29) is 18.7 Å². The third kappa shape index (κ3) is 7.58. The van der Waals surface area contributed by atoms with Crippen LogP contribution in [-0.4, -0.2) is 25.7 Å². The molecule has 0 aromatic rings. The highest BCUT2D eigenvalue weighted by Crippen LogP contribution is 2.14. The van der Waals surface area contributed by atoms with Gasteiger partial charge in [0.15, 0.2) is 0 Å². The van der Waals surface area contributed by atoms with Gasteiger partial charge in [-0.1, -0.05) is 12.2 Å². The van der Waals surface area contributed by atoms with Crippen LogP contribution >= 0.6 is 0 Å². The van der Waals surface area contributed by atoms with Crippen LogP contribution in [0.5, 0.6) is 0 Å². The summed E-state index contributed by atoms with van der Waals surface area (Å²) < 4.78 is 33.1. The van der Waals surface area contributed by atoms with Crippen molar-refractivity contribution in [2.45, 2.75) is 25.8 Å². The van der Waals surface area contributed by atoms with Gasteiger partial charge in [-0.05, 0) is 25.7 Å². The van der Waals surface area contributed by atoms with E-state index in [9.17, 15) is 8.42 Å². The van der Waals surface area contributed by atoms with Gasteiger partial charge in [0.2, 0.25) is 0 Å². The Labute approximate surface area is 97.1 Å². The van der Waals surface area contributed by atoms with E-state index in [0.717, 1.165) is 12.8 Å². The molecule has 0 aromatic heterocycles. The van der Waals surface area contributed by atoms with Crippen LogP contribution < -0.4 is 5.32 Å². The van der Waals surface area contributed by atoms with Crippen LogP contribution in [0.1, 0.15) is 19.8 Å². The second kappa shape index (κ2) is 7.56. The summed E-state index contributed by atoms with van der Waals surface area (Å²) in [6.07, 6.45) is 5.20. The van der Waals surface area contributed by atoms with Crippen molar-refractivity contribution in [3.05, 3.63) is 25.3 Å². The fraction of sp³-hybridized carbons (Fsp3) is 0.600. The molecule has 0 radical (unpaired) electrons. The first kappa shape index (κ1) is 15.3. The van der Waals surface area contributed by atoms with Gasteiger partial charge in [-0.15, -0.1) is 13.2 Å². The highest BCUT2D eigenvalue weighted by molar-refractivity contribution is 7.80. The second-order valence-corrected chi connectivity index (χ2v) is 4.58. The Morgan fingerprint density at radius 2 is 1.88 bits per heavy atom. The number of nitrogens with one attached hydrogen (secondary N) is 1. The van der Waals surface area contributed by atoms with Gasteiger partial charge in [-0.25, -0.2) is 4.18 Å². The average Bonchev–Trinajstić information content (AvgIpc) is 2.15. The maximum atomic E-state index is 10.3. The Morgan fingerprint density at radius 1 is 1.38 bits per heavy atom. The Hall–Kier alpha value is -0.690. The minimum absolute atomic E-state index is 0.0396. The Balaban J connectivity index is 4.04. The van der Waals surface area contributed by atoms with Crippen molar-refractivity contribution >= 4 is 10.4 Å². The largest absolute Gasteiger partial charge is 0.398 e. The monoisotopic (exact) mass is 249 g/mol. The van der Waals surface area contributed by atoms with Crippen molar-refractivity contribution in [1.29, 1.82) is 0 Å². The predicted octanol–water partition coefficient (Wildman–Crippen LogP) is 1.51. The molecule has 0 rings (SSSR count). The Morgan fingerprint density at radius 3 is 2.25 bits per heavy atom. The van der Waals surface area contributed by atoms with Gasteiger partial charge >= 0.3 is 10.4 Å². The van der Waals surface area contributed by atoms with Gasteiger partial charge in [-0.3, -0.25) is 9.87 Å². The lowest BCUT2D eigenvalue weighted by Crippen LogP contribution is -2.35. The summed E-state index contributed by atoms with van der Waals surface area (Å²) in [5.74, 6) is 0.278. The molecule has 1 unspecified atom stereocenters. The zero-order valence-electron chi connectivity index (χ0n) is 9.43. The van der Waals surface area contributed by atoms with E-state index < -0.39 is 10.4 Å². The molecule has 6 heteroatoms. The van der Waals surface area contributed by atoms with Crippen LogP contribution in [0.15, 0.2) is 25.3 Å². The van der Waals surface area contributed by atoms with E-state index in [1.807, 2.05) is 6.92 Å². The number of rotatable bonds is 9. The molecule has 0 aliphatic carbocycles. The third-order valence-corrected chi connectivity index (χ3v) is 2.67. The fourth-order valence-electron chi connectivity index (χ4n) is 1.34. The highest BCUT2D eigenvalue weighted by Gasteiger charge is 2.14. The lowest BCUT2D eigenvalue weighted by Gasteiger charge is -2.22. The average molecular weight is 249 g/mol. The normalized spacial score (nSPS) is 13.7. The van der Waals surface area contributed by atoms with Gasteiger partial charge in [0.05, 0.1) is 0 Å². The minimum Gasteiger partial charge on any atom is -0.291 e. The summed E-state index contributed by atoms with van der Waals surface area (Å²) in [7, 11) is -4.37. The molecule has 0 amide bonds. The van der Waals surface area contributed by atoms with Crippen molar-refractivity contribution in [3.63, 3.8) is 0 Å². The zero-order chi connectivity index (χ0) is 12.6. The lowest BCUT2D eigenvalue weighted by atomic mass is 9.94. The molecule has 0 aromatic carbocycles. The molecule has 0 aliphatic heterocycles. The molecule has 0 saturated carbocycles. The lowest BCUT2D eigenvalue weighted by molar-refractivity contribution is 0.218. The summed E-state index contributed by atoms with van der Waals surface area (Å²) in [6.45, 7) is 8.97. The van der Waals surface area contributed by atoms with Gasteiger partial charge < -0.3 is 0 Å². The number of hydrogen-bond acceptors (Lipinski definition) is 4. The Kier molecular flexibility index (Phi) is 7.24. The first-order valence-electron chi connectivity index (χ1n) is 4.97. The van der Waals surface area contributed by atoms with Crippen LogP contribution in [0, 0.1) is 5.92 Å². The molecule has 2 N–H and O–H groups in total. The van der Waals surface area contributed by atoms with Crippen LogP contribution in [0.4, 0.5) is 0 Å². The highest BCUT2D eigenvalue weighted by atomic mass is 32.3. The summed E-state index contributed by atoms with van der Waals surface area (Å²) in [4.78, 5) is 0. The van der Waals surface area contributed by atoms with Crippen LogP contribution in [0.2, 0.25) is 0 Å². The molecule has 0 heterocycles. The van der Waals surface area contributed by atoms with Gasteiger partial charge in [-0.2, -0.15) is 8.42 Å². The van der Waals surface area contributed by atoms with Crippen molar-refractivity contribution < 1.29 is 17.2 Å². The molecule has 1 atom stereocenters. The molecule has 0 spiro atoms. The molecule has 5 nitrogen and oxygen atoms in total. The van der Waals surface area contributed by atoms with Crippen molar-refractivity contribution in [1.82, 2.24) is 5.32 Å². The minimum atomic E-state index is -4.37. The molecule has 0 bridgehead atoms. The van der Waals surface area contributed by atoms with E-state index in [0.29, 0.717) is 0 Å². The summed E-state index contributed by atoms with van der Waals surface area (Å²) in [6, 6.07) is 0.0396. The maximum Gasteiger partial charge on any atom is 0.398 e. The molecule has 94 valence electrons. The molecule has 0 aliphatic rings. The summed E-state index contributed by atoms with van der Waals surface area (Å²) >= 11 is 0. The van der Waals surface area contributed by atoms with E-state index in [1.165, 1.54) is 0 Å². The molecular weight excluding hydrogens is 230 g/mol. The van der Waals surface area contributed by atoms with E-state index >= 15 is 0 Å². The van der Waals surface area contributed by atoms with Crippen LogP contribution in [0.25, 0.3) is 0 Å². The number of allylic oxidation sites excluding steroid dienone is 2. The molecule has 0 saturated heterocycles. The first-order chi connectivity index (χ1) is 7.40. The molecule has 0 fully saturated rings. The summed E-state index contributed by atoms with van der Waals surface area (Å²) in [5, 5.41) is 2.85. The van der Waals surface area contributed by atoms with Gasteiger partial charge in [0, 0.05) is 6.04 Å². The summed E-state index contributed by atoms with van der Waals surface area (Å²) in [5.41, 5.74) is 0. The standard InChI is InChI=1S/C10H19NO4S/c1-4-6-10(7-5-2)9(3)11-8-15-16(12,13)14/h4-5,9-11H,1-2,6-8H2,3H3,(H,12,13,14). The van der Waals surface area contributed by atoms with Gasteiger partial charge in [0.25, 0.3) is 0 Å². The van der Waals surface area contributed by atoms with Crippen molar-refractivity contribution in [2.75, 3.05) is 6.73 Å². The quantitative estimate of drug-likeness (QED) is 0.368. The molecular formula is C10H19NO4S. The molecule has 16 heavy (non-hydrogen) atoms.